The number of amides is 1. The molecule has 1 aromatic carbocycles. The Kier molecular flexibility index (Phi) is 3.63. The molecule has 0 aliphatic carbocycles. The zero-order valence-corrected chi connectivity index (χ0v) is 13.5. The first kappa shape index (κ1) is 14.4. The van der Waals surface area contributed by atoms with E-state index in [9.17, 15) is 4.79 Å². The Bertz CT molecular complexity index is 847. The van der Waals surface area contributed by atoms with Crippen molar-refractivity contribution in [2.75, 3.05) is 11.4 Å². The fourth-order valence-electron chi connectivity index (χ4n) is 2.68. The summed E-state index contributed by atoms with van der Waals surface area (Å²) in [6.45, 7) is 0.530. The van der Waals surface area contributed by atoms with Crippen LogP contribution in [0.4, 0.5) is 5.69 Å². The maximum Gasteiger partial charge on any atom is 0.267 e. The number of halogens is 1. The van der Waals surface area contributed by atoms with E-state index in [1.54, 1.807) is 28.4 Å². The number of benzene rings is 1. The van der Waals surface area contributed by atoms with Gasteiger partial charge in [0.05, 0.1) is 4.88 Å². The highest BCUT2D eigenvalue weighted by molar-refractivity contribution is 7.13. The van der Waals surface area contributed by atoms with E-state index in [0.29, 0.717) is 29.7 Å². The van der Waals surface area contributed by atoms with E-state index in [1.165, 1.54) is 0 Å². The summed E-state index contributed by atoms with van der Waals surface area (Å²) in [7, 11) is 0. The van der Waals surface area contributed by atoms with Crippen molar-refractivity contribution in [3.05, 3.63) is 52.6 Å². The summed E-state index contributed by atoms with van der Waals surface area (Å²) in [6.07, 6.45) is 0.371. The maximum absolute atomic E-state index is 12.3. The summed E-state index contributed by atoms with van der Waals surface area (Å²) in [4.78, 5) is 19.4. The molecule has 1 unspecified atom stereocenters. The van der Waals surface area contributed by atoms with E-state index in [4.69, 9.17) is 16.1 Å². The second-order valence-corrected chi connectivity index (χ2v) is 6.70. The Labute approximate surface area is 141 Å². The van der Waals surface area contributed by atoms with Crippen molar-refractivity contribution in [1.82, 2.24) is 10.1 Å². The smallest absolute Gasteiger partial charge is 0.267 e. The zero-order valence-electron chi connectivity index (χ0n) is 12.0. The van der Waals surface area contributed by atoms with Crippen LogP contribution in [-0.2, 0) is 4.79 Å². The number of hydrogen-bond acceptors (Lipinski definition) is 5. The average molecular weight is 346 g/mol. The van der Waals surface area contributed by atoms with Gasteiger partial charge in [-0.2, -0.15) is 4.98 Å². The van der Waals surface area contributed by atoms with E-state index in [0.717, 1.165) is 10.6 Å². The summed E-state index contributed by atoms with van der Waals surface area (Å²) < 4.78 is 5.32. The number of nitrogens with zero attached hydrogens (tertiary/aromatic N) is 3. The largest absolute Gasteiger partial charge is 0.333 e. The van der Waals surface area contributed by atoms with Crippen LogP contribution in [0.1, 0.15) is 18.2 Å². The van der Waals surface area contributed by atoms with Crippen molar-refractivity contribution in [3.8, 4) is 10.8 Å². The zero-order chi connectivity index (χ0) is 15.8. The van der Waals surface area contributed by atoms with Gasteiger partial charge in [-0.05, 0) is 29.6 Å². The molecule has 23 heavy (non-hydrogen) atoms. The van der Waals surface area contributed by atoms with Crippen LogP contribution in [0, 0.1) is 0 Å². The first-order valence-corrected chi connectivity index (χ1v) is 8.40. The highest BCUT2D eigenvalue weighted by atomic mass is 35.5. The van der Waals surface area contributed by atoms with Crippen LogP contribution in [0.15, 0.2) is 46.3 Å². The van der Waals surface area contributed by atoms with Crippen LogP contribution in [0.2, 0.25) is 5.02 Å². The normalized spacial score (nSPS) is 17.9. The molecule has 7 heteroatoms. The van der Waals surface area contributed by atoms with Crippen LogP contribution in [0.25, 0.3) is 10.8 Å². The van der Waals surface area contributed by atoms with Crippen LogP contribution in [0.3, 0.4) is 0 Å². The molecular weight excluding hydrogens is 334 g/mol. The van der Waals surface area contributed by atoms with Gasteiger partial charge < -0.3 is 9.42 Å². The molecule has 4 rings (SSSR count). The highest BCUT2D eigenvalue weighted by Crippen LogP contribution is 2.33. The number of thiophene rings is 1. The van der Waals surface area contributed by atoms with Crippen molar-refractivity contribution < 1.29 is 9.32 Å². The van der Waals surface area contributed by atoms with Gasteiger partial charge >= 0.3 is 0 Å². The molecule has 1 atom stereocenters. The summed E-state index contributed by atoms with van der Waals surface area (Å²) in [5.74, 6) is 1.05. The topological polar surface area (TPSA) is 59.2 Å². The van der Waals surface area contributed by atoms with Gasteiger partial charge in [-0.3, -0.25) is 4.79 Å². The predicted molar refractivity (Wildman–Crippen MR) is 88.8 cm³/mol. The first-order valence-electron chi connectivity index (χ1n) is 7.14. The molecule has 116 valence electrons. The third kappa shape index (κ3) is 2.75. The van der Waals surface area contributed by atoms with Gasteiger partial charge in [0, 0.05) is 29.6 Å². The molecule has 0 bridgehead atoms. The molecule has 1 aliphatic rings. The number of anilines is 1. The Morgan fingerprint density at radius 3 is 3.00 bits per heavy atom. The van der Waals surface area contributed by atoms with Gasteiger partial charge in [-0.1, -0.05) is 28.9 Å². The second-order valence-electron chi connectivity index (χ2n) is 5.32. The van der Waals surface area contributed by atoms with Gasteiger partial charge in [0.15, 0.2) is 5.82 Å². The molecule has 5 nitrogen and oxygen atoms in total. The third-order valence-electron chi connectivity index (χ3n) is 3.78. The average Bonchev–Trinajstić information content (AvgIpc) is 3.27. The summed E-state index contributed by atoms with van der Waals surface area (Å²) >= 11 is 7.55. The maximum atomic E-state index is 12.3. The monoisotopic (exact) mass is 345 g/mol. The fourth-order valence-corrected chi connectivity index (χ4v) is 3.50. The number of carbonyl (C=O) groups is 1. The van der Waals surface area contributed by atoms with Crippen LogP contribution in [-0.4, -0.2) is 22.6 Å². The highest BCUT2D eigenvalue weighted by Gasteiger charge is 2.34. The standard InChI is InChI=1S/C16H12ClN3O2S/c17-11-3-1-4-12(8-11)20-9-10(7-14(20)21)15-18-16(22-19-15)13-5-2-6-23-13/h1-6,8,10H,7,9H2. The van der Waals surface area contributed by atoms with Gasteiger partial charge in [-0.15, -0.1) is 11.3 Å². The van der Waals surface area contributed by atoms with Crippen molar-refractivity contribution in [1.29, 1.82) is 0 Å². The molecule has 1 amide bonds. The van der Waals surface area contributed by atoms with E-state index >= 15 is 0 Å². The fraction of sp³-hybridized carbons (Fsp3) is 0.188. The minimum absolute atomic E-state index is 0.0414. The number of hydrogen-bond donors (Lipinski definition) is 0. The van der Waals surface area contributed by atoms with Gasteiger partial charge in [0.25, 0.3) is 5.89 Å². The molecule has 0 spiro atoms. The number of carbonyl (C=O) groups excluding carboxylic acids is 1. The predicted octanol–water partition coefficient (Wildman–Crippen LogP) is 3.97. The molecule has 1 aliphatic heterocycles. The van der Waals surface area contributed by atoms with Gasteiger partial charge in [0.1, 0.15) is 0 Å². The number of aromatic nitrogens is 2. The molecular formula is C16H12ClN3O2S. The van der Waals surface area contributed by atoms with E-state index in [1.807, 2.05) is 29.6 Å². The van der Waals surface area contributed by atoms with Crippen molar-refractivity contribution in [2.45, 2.75) is 12.3 Å². The number of rotatable bonds is 3. The Morgan fingerprint density at radius 2 is 2.22 bits per heavy atom. The van der Waals surface area contributed by atoms with Gasteiger partial charge in [0.2, 0.25) is 5.91 Å². The van der Waals surface area contributed by atoms with Crippen LogP contribution < -0.4 is 4.90 Å². The molecule has 0 N–H and O–H groups in total. The Morgan fingerprint density at radius 1 is 1.30 bits per heavy atom. The lowest BCUT2D eigenvalue weighted by atomic mass is 10.1. The summed E-state index contributed by atoms with van der Waals surface area (Å²) in [5, 5.41) is 6.62. The van der Waals surface area contributed by atoms with Crippen molar-refractivity contribution in [2.24, 2.45) is 0 Å². The molecule has 3 heterocycles. The Balaban J connectivity index is 1.57. The Hall–Kier alpha value is -2.18. The quantitative estimate of drug-likeness (QED) is 0.720. The second kappa shape index (κ2) is 5.79. The SMILES string of the molecule is O=C1CC(c2noc(-c3cccs3)n2)CN1c1cccc(Cl)c1. The molecule has 1 saturated heterocycles. The molecule has 1 fully saturated rings. The minimum Gasteiger partial charge on any atom is -0.333 e. The summed E-state index contributed by atoms with van der Waals surface area (Å²) in [5.41, 5.74) is 0.798. The lowest BCUT2D eigenvalue weighted by molar-refractivity contribution is -0.117. The first-order chi connectivity index (χ1) is 11.2. The molecule has 3 aromatic rings. The summed E-state index contributed by atoms with van der Waals surface area (Å²) in [6, 6.07) is 11.1. The van der Waals surface area contributed by atoms with E-state index < -0.39 is 0 Å². The van der Waals surface area contributed by atoms with Gasteiger partial charge in [-0.25, -0.2) is 0 Å². The molecule has 0 radical (unpaired) electrons. The van der Waals surface area contributed by atoms with Crippen LogP contribution >= 0.6 is 22.9 Å². The molecule has 2 aromatic heterocycles. The third-order valence-corrected chi connectivity index (χ3v) is 4.88. The lowest BCUT2D eigenvalue weighted by Crippen LogP contribution is -2.24. The lowest BCUT2D eigenvalue weighted by Gasteiger charge is -2.16. The minimum atomic E-state index is -0.0704. The van der Waals surface area contributed by atoms with Crippen molar-refractivity contribution >= 4 is 34.5 Å². The molecule has 0 saturated carbocycles. The van der Waals surface area contributed by atoms with E-state index in [2.05, 4.69) is 10.1 Å². The van der Waals surface area contributed by atoms with Crippen LogP contribution in [0.5, 0.6) is 0 Å². The van der Waals surface area contributed by atoms with Crippen molar-refractivity contribution in [3.63, 3.8) is 0 Å². The van der Waals surface area contributed by atoms with E-state index in [-0.39, 0.29) is 11.8 Å².